The van der Waals surface area contributed by atoms with Gasteiger partial charge in [0.2, 0.25) is 10.0 Å². The first kappa shape index (κ1) is 15.9. The molecule has 2 aromatic rings. The molecule has 0 spiro atoms. The van der Waals surface area contributed by atoms with Gasteiger partial charge in [0.05, 0.1) is 10.9 Å². The van der Waals surface area contributed by atoms with E-state index < -0.39 is 10.0 Å². The van der Waals surface area contributed by atoms with Gasteiger partial charge in [0.25, 0.3) is 0 Å². The van der Waals surface area contributed by atoms with Crippen LogP contribution in [0, 0.1) is 0 Å². The third-order valence-electron chi connectivity index (χ3n) is 3.00. The Morgan fingerprint density at radius 3 is 2.48 bits per heavy atom. The van der Waals surface area contributed by atoms with Crippen molar-refractivity contribution in [3.63, 3.8) is 0 Å². The lowest BCUT2D eigenvalue weighted by atomic mass is 10.2. The van der Waals surface area contributed by atoms with Crippen LogP contribution in [0.25, 0.3) is 0 Å². The van der Waals surface area contributed by atoms with E-state index in [1.165, 1.54) is 0 Å². The maximum absolute atomic E-state index is 11.9. The molecule has 0 aliphatic rings. The van der Waals surface area contributed by atoms with Crippen LogP contribution >= 0.6 is 11.3 Å². The van der Waals surface area contributed by atoms with Gasteiger partial charge in [0.1, 0.15) is 5.01 Å². The van der Waals surface area contributed by atoms with Crippen molar-refractivity contribution in [2.24, 2.45) is 0 Å². The summed E-state index contributed by atoms with van der Waals surface area (Å²) in [6.45, 7) is 4.22. The van der Waals surface area contributed by atoms with Crippen molar-refractivity contribution in [2.45, 2.75) is 31.2 Å². The smallest absolute Gasteiger partial charge is 0.240 e. The summed E-state index contributed by atoms with van der Waals surface area (Å²) in [6, 6.07) is 6.91. The fraction of sp³-hybridized carbons (Fsp3) is 0.357. The average Bonchev–Trinajstić information content (AvgIpc) is 2.99. The molecular weight excluding hydrogens is 306 g/mol. The van der Waals surface area contributed by atoms with E-state index in [2.05, 4.69) is 21.9 Å². The van der Waals surface area contributed by atoms with Gasteiger partial charge in [-0.3, -0.25) is 0 Å². The Morgan fingerprint density at radius 1 is 1.24 bits per heavy atom. The summed E-state index contributed by atoms with van der Waals surface area (Å²) in [5.74, 6) is 0. The van der Waals surface area contributed by atoms with Crippen LogP contribution in [-0.2, 0) is 10.0 Å². The van der Waals surface area contributed by atoms with Gasteiger partial charge in [0.15, 0.2) is 0 Å². The molecule has 21 heavy (non-hydrogen) atoms. The lowest BCUT2D eigenvalue weighted by molar-refractivity contribution is 0.584. The number of anilines is 1. The minimum absolute atomic E-state index is 0.140. The third-order valence-corrected chi connectivity index (χ3v) is 5.45. The lowest BCUT2D eigenvalue weighted by Gasteiger charge is -2.16. The third kappa shape index (κ3) is 4.03. The predicted molar refractivity (Wildman–Crippen MR) is 86.1 cm³/mol. The van der Waals surface area contributed by atoms with Crippen LogP contribution in [0.3, 0.4) is 0 Å². The molecule has 0 fully saturated rings. The van der Waals surface area contributed by atoms with Crippen molar-refractivity contribution in [2.75, 3.05) is 11.9 Å². The molecule has 0 aliphatic heterocycles. The molecule has 1 unspecified atom stereocenters. The molecule has 2 rings (SSSR count). The standard InChI is InChI=1S/C14H19N3O2S2/c1-3-13(14-15-9-10-20-14)17-11-5-7-12(8-6-11)21(18,19)16-4-2/h5-10,13,16-17H,3-4H2,1-2H3. The zero-order valence-corrected chi connectivity index (χ0v) is 13.7. The second-order valence-corrected chi connectivity index (χ2v) is 7.19. The van der Waals surface area contributed by atoms with Gasteiger partial charge in [-0.25, -0.2) is 18.1 Å². The number of hydrogen-bond acceptors (Lipinski definition) is 5. The molecule has 0 aliphatic carbocycles. The second kappa shape index (κ2) is 7.02. The zero-order chi connectivity index (χ0) is 15.3. The molecule has 1 aromatic heterocycles. The Bertz CT molecular complexity index is 652. The van der Waals surface area contributed by atoms with Crippen molar-refractivity contribution >= 4 is 27.0 Å². The first-order valence-corrected chi connectivity index (χ1v) is 9.18. The molecule has 5 nitrogen and oxygen atoms in total. The average molecular weight is 325 g/mol. The van der Waals surface area contributed by atoms with E-state index >= 15 is 0 Å². The number of aromatic nitrogens is 1. The van der Waals surface area contributed by atoms with Crippen LogP contribution in [0.5, 0.6) is 0 Å². The molecule has 0 saturated heterocycles. The van der Waals surface area contributed by atoms with Gasteiger partial charge in [-0.1, -0.05) is 13.8 Å². The van der Waals surface area contributed by atoms with Crippen LogP contribution in [0.1, 0.15) is 31.3 Å². The van der Waals surface area contributed by atoms with Crippen molar-refractivity contribution in [3.8, 4) is 0 Å². The Labute approximate surface area is 129 Å². The number of rotatable bonds is 7. The second-order valence-electron chi connectivity index (χ2n) is 4.50. The minimum atomic E-state index is -3.39. The summed E-state index contributed by atoms with van der Waals surface area (Å²) >= 11 is 1.61. The molecule has 1 aromatic carbocycles. The maximum atomic E-state index is 11.9. The van der Waals surface area contributed by atoms with Crippen LogP contribution < -0.4 is 10.0 Å². The minimum Gasteiger partial charge on any atom is -0.376 e. The summed E-state index contributed by atoms with van der Waals surface area (Å²) in [7, 11) is -3.39. The maximum Gasteiger partial charge on any atom is 0.240 e. The Hall–Kier alpha value is -1.44. The van der Waals surface area contributed by atoms with E-state index in [-0.39, 0.29) is 10.9 Å². The Morgan fingerprint density at radius 2 is 1.95 bits per heavy atom. The quantitative estimate of drug-likeness (QED) is 0.821. The molecule has 7 heteroatoms. The number of benzene rings is 1. The predicted octanol–water partition coefficient (Wildman–Crippen LogP) is 3.00. The van der Waals surface area contributed by atoms with E-state index in [0.29, 0.717) is 6.54 Å². The first-order valence-electron chi connectivity index (χ1n) is 6.82. The summed E-state index contributed by atoms with van der Waals surface area (Å²) in [6.07, 6.45) is 2.70. The van der Waals surface area contributed by atoms with Crippen molar-refractivity contribution < 1.29 is 8.42 Å². The number of sulfonamides is 1. The van der Waals surface area contributed by atoms with Gasteiger partial charge >= 0.3 is 0 Å². The number of nitrogens with zero attached hydrogens (tertiary/aromatic N) is 1. The first-order chi connectivity index (χ1) is 10.1. The van der Waals surface area contributed by atoms with Crippen LogP contribution in [0.15, 0.2) is 40.7 Å². The van der Waals surface area contributed by atoms with Gasteiger partial charge < -0.3 is 5.32 Å². The van der Waals surface area contributed by atoms with E-state index in [9.17, 15) is 8.42 Å². The van der Waals surface area contributed by atoms with Crippen LogP contribution in [0.2, 0.25) is 0 Å². The molecule has 114 valence electrons. The molecule has 0 radical (unpaired) electrons. The molecule has 1 atom stereocenters. The number of hydrogen-bond donors (Lipinski definition) is 2. The summed E-state index contributed by atoms with van der Waals surface area (Å²) < 4.78 is 26.2. The molecule has 1 heterocycles. The van der Waals surface area contributed by atoms with Crippen LogP contribution in [-0.4, -0.2) is 19.9 Å². The molecule has 2 N–H and O–H groups in total. The summed E-state index contributed by atoms with van der Waals surface area (Å²) in [5.41, 5.74) is 0.882. The highest BCUT2D eigenvalue weighted by Crippen LogP contribution is 2.24. The number of thiazole rings is 1. The molecule has 0 amide bonds. The SMILES string of the molecule is CCNS(=O)(=O)c1ccc(NC(CC)c2nccs2)cc1. The molecular formula is C14H19N3O2S2. The monoisotopic (exact) mass is 325 g/mol. The van der Waals surface area contributed by atoms with Gasteiger partial charge in [-0.2, -0.15) is 0 Å². The zero-order valence-electron chi connectivity index (χ0n) is 12.0. The van der Waals surface area contributed by atoms with E-state index in [1.54, 1.807) is 48.7 Å². The molecule has 0 bridgehead atoms. The van der Waals surface area contributed by atoms with Crippen molar-refractivity contribution in [1.82, 2.24) is 9.71 Å². The van der Waals surface area contributed by atoms with Crippen molar-refractivity contribution in [3.05, 3.63) is 40.8 Å². The van der Waals surface area contributed by atoms with E-state index in [0.717, 1.165) is 17.1 Å². The van der Waals surface area contributed by atoms with Gasteiger partial charge in [-0.05, 0) is 30.7 Å². The fourth-order valence-electron chi connectivity index (χ4n) is 1.95. The lowest BCUT2D eigenvalue weighted by Crippen LogP contribution is -2.23. The van der Waals surface area contributed by atoms with E-state index in [1.807, 2.05) is 5.38 Å². The fourth-order valence-corrected chi connectivity index (χ4v) is 3.76. The van der Waals surface area contributed by atoms with Gasteiger partial charge in [-0.15, -0.1) is 11.3 Å². The number of nitrogens with one attached hydrogen (secondary N) is 2. The largest absolute Gasteiger partial charge is 0.376 e. The topological polar surface area (TPSA) is 71.1 Å². The normalized spacial score (nSPS) is 13.0. The Balaban J connectivity index is 2.12. The molecule has 0 saturated carbocycles. The highest BCUT2D eigenvalue weighted by atomic mass is 32.2. The highest BCUT2D eigenvalue weighted by Gasteiger charge is 2.14. The summed E-state index contributed by atoms with van der Waals surface area (Å²) in [4.78, 5) is 4.59. The van der Waals surface area contributed by atoms with Gasteiger partial charge in [0, 0.05) is 23.8 Å². The van der Waals surface area contributed by atoms with Crippen molar-refractivity contribution in [1.29, 1.82) is 0 Å². The van der Waals surface area contributed by atoms with Crippen LogP contribution in [0.4, 0.5) is 5.69 Å². The Kier molecular flexibility index (Phi) is 5.33. The highest BCUT2D eigenvalue weighted by molar-refractivity contribution is 7.89. The van der Waals surface area contributed by atoms with E-state index in [4.69, 9.17) is 0 Å². The summed E-state index contributed by atoms with van der Waals surface area (Å²) in [5, 5.41) is 6.35.